The molecule has 1 saturated carbocycles. The zero-order chi connectivity index (χ0) is 22.6. The molecule has 1 aliphatic carbocycles. The average molecular weight is 444 g/mol. The number of alkyl halides is 2. The lowest BCUT2D eigenvalue weighted by molar-refractivity contribution is -0.132. The summed E-state index contributed by atoms with van der Waals surface area (Å²) in [7, 11) is 0. The van der Waals surface area contributed by atoms with E-state index in [1.54, 1.807) is 4.90 Å². The summed E-state index contributed by atoms with van der Waals surface area (Å²) >= 11 is 0. The van der Waals surface area contributed by atoms with Crippen molar-refractivity contribution >= 4 is 22.9 Å². The van der Waals surface area contributed by atoms with Gasteiger partial charge in [0, 0.05) is 53.7 Å². The number of aliphatic carboxylic acids is 1. The number of H-pyrrole nitrogens is 1. The number of carbonyl (C=O) groups is 1. The Bertz CT molecular complexity index is 1220. The number of nitrogens with zero attached hydrogens (tertiary/aromatic N) is 1. The summed E-state index contributed by atoms with van der Waals surface area (Å²) in [5.41, 5.74) is 2.21. The first-order valence-electron chi connectivity index (χ1n) is 10.4. The van der Waals surface area contributed by atoms with Gasteiger partial charge in [0.1, 0.15) is 11.6 Å². The normalized spacial score (nSPS) is 21.1. The SMILES string of the molecule is O=C(O)/C=C/c1cc(F)c([C@@H]2c3[nH]c4ccccc4c3CCN2C2CC(F)(F)C2)c(F)c1. The molecule has 1 aliphatic heterocycles. The molecular weight excluding hydrogens is 424 g/mol. The molecule has 2 heterocycles. The second-order valence-corrected chi connectivity index (χ2v) is 8.44. The molecule has 0 radical (unpaired) electrons. The third-order valence-corrected chi connectivity index (χ3v) is 6.40. The predicted molar refractivity (Wildman–Crippen MR) is 112 cm³/mol. The molecule has 2 aromatic carbocycles. The van der Waals surface area contributed by atoms with Crippen molar-refractivity contribution in [3.63, 3.8) is 0 Å². The number of aromatic nitrogens is 1. The summed E-state index contributed by atoms with van der Waals surface area (Å²) in [6.45, 7) is 0.403. The van der Waals surface area contributed by atoms with Crippen LogP contribution >= 0.6 is 0 Å². The highest BCUT2D eigenvalue weighted by molar-refractivity contribution is 5.86. The van der Waals surface area contributed by atoms with Gasteiger partial charge in [0.2, 0.25) is 0 Å². The van der Waals surface area contributed by atoms with Crippen molar-refractivity contribution in [3.05, 3.63) is 76.5 Å². The minimum absolute atomic E-state index is 0.0700. The Kier molecular flexibility index (Phi) is 4.85. The maximum absolute atomic E-state index is 15.3. The molecule has 0 bridgehead atoms. The van der Waals surface area contributed by atoms with E-state index in [-0.39, 0.29) is 24.0 Å². The highest BCUT2D eigenvalue weighted by Crippen LogP contribution is 2.48. The summed E-state index contributed by atoms with van der Waals surface area (Å²) in [6.07, 6.45) is 1.80. The number of aromatic amines is 1. The van der Waals surface area contributed by atoms with Gasteiger partial charge in [-0.2, -0.15) is 0 Å². The first kappa shape index (κ1) is 20.8. The van der Waals surface area contributed by atoms with Crippen LogP contribution in [-0.2, 0) is 11.2 Å². The number of hydrogen-bond acceptors (Lipinski definition) is 2. The molecule has 0 saturated heterocycles. The molecule has 1 aromatic heterocycles. The third kappa shape index (κ3) is 3.48. The molecule has 166 valence electrons. The third-order valence-electron chi connectivity index (χ3n) is 6.40. The molecule has 0 unspecified atom stereocenters. The zero-order valence-corrected chi connectivity index (χ0v) is 16.9. The summed E-state index contributed by atoms with van der Waals surface area (Å²) < 4.78 is 57.9. The Balaban J connectivity index is 1.64. The van der Waals surface area contributed by atoms with Crippen LogP contribution in [0.5, 0.6) is 0 Å². The maximum atomic E-state index is 15.3. The van der Waals surface area contributed by atoms with E-state index in [2.05, 4.69) is 4.98 Å². The van der Waals surface area contributed by atoms with E-state index in [9.17, 15) is 13.6 Å². The van der Waals surface area contributed by atoms with E-state index in [1.165, 1.54) is 0 Å². The minimum atomic E-state index is -2.77. The minimum Gasteiger partial charge on any atom is -0.478 e. The van der Waals surface area contributed by atoms with Crippen molar-refractivity contribution in [2.45, 2.75) is 37.3 Å². The van der Waals surface area contributed by atoms with Gasteiger partial charge in [-0.05, 0) is 41.8 Å². The van der Waals surface area contributed by atoms with Gasteiger partial charge in [-0.1, -0.05) is 18.2 Å². The van der Waals surface area contributed by atoms with E-state index < -0.39 is 35.6 Å². The van der Waals surface area contributed by atoms with Gasteiger partial charge in [-0.15, -0.1) is 0 Å². The number of benzene rings is 2. The molecule has 5 rings (SSSR count). The summed E-state index contributed by atoms with van der Waals surface area (Å²) in [5, 5.41) is 9.73. The molecule has 1 atom stereocenters. The van der Waals surface area contributed by atoms with Crippen molar-refractivity contribution in [1.82, 2.24) is 9.88 Å². The van der Waals surface area contributed by atoms with Crippen molar-refractivity contribution in [3.8, 4) is 0 Å². The molecule has 1 fully saturated rings. The van der Waals surface area contributed by atoms with Gasteiger partial charge in [-0.3, -0.25) is 4.90 Å². The molecule has 8 heteroatoms. The standard InChI is InChI=1S/C24H20F4N2O2/c25-17-9-13(5-6-20(31)32)10-18(26)21(17)23-22-16(15-3-1-2-4-19(15)29-22)7-8-30(23)14-11-24(27,28)12-14/h1-6,9-10,14,23,29H,7-8,11-12H2,(H,31,32)/b6-5+/t23-/m1/s1. The quantitative estimate of drug-likeness (QED) is 0.425. The lowest BCUT2D eigenvalue weighted by Crippen LogP contribution is -2.54. The molecule has 32 heavy (non-hydrogen) atoms. The number of hydrogen-bond donors (Lipinski definition) is 2. The number of rotatable bonds is 4. The van der Waals surface area contributed by atoms with Crippen molar-refractivity contribution < 1.29 is 27.5 Å². The fourth-order valence-electron chi connectivity index (χ4n) is 4.96. The maximum Gasteiger partial charge on any atom is 0.328 e. The number of carboxylic acids is 1. The topological polar surface area (TPSA) is 56.3 Å². The number of carboxylic acid groups (broad SMARTS) is 1. The molecule has 2 aliphatic rings. The Hall–Kier alpha value is -3.13. The van der Waals surface area contributed by atoms with Gasteiger partial charge in [0.15, 0.2) is 0 Å². The number of nitrogens with one attached hydrogen (secondary N) is 1. The second-order valence-electron chi connectivity index (χ2n) is 8.44. The summed E-state index contributed by atoms with van der Waals surface area (Å²) in [6, 6.07) is 8.32. The molecule has 3 aromatic rings. The van der Waals surface area contributed by atoms with Crippen molar-refractivity contribution in [1.29, 1.82) is 0 Å². The van der Waals surface area contributed by atoms with Crippen LogP contribution < -0.4 is 0 Å². The molecular formula is C24H20F4N2O2. The van der Waals surface area contributed by atoms with Crippen LogP contribution in [0.3, 0.4) is 0 Å². The van der Waals surface area contributed by atoms with E-state index >= 15 is 8.78 Å². The van der Waals surface area contributed by atoms with Gasteiger partial charge in [0.05, 0.1) is 6.04 Å². The van der Waals surface area contributed by atoms with E-state index in [4.69, 9.17) is 5.11 Å². The highest BCUT2D eigenvalue weighted by Gasteiger charge is 2.51. The van der Waals surface area contributed by atoms with Crippen LogP contribution in [0, 0.1) is 11.6 Å². The number of halogens is 4. The second kappa shape index (κ2) is 7.48. The van der Waals surface area contributed by atoms with E-state index in [1.807, 2.05) is 24.3 Å². The van der Waals surface area contributed by atoms with E-state index in [0.717, 1.165) is 40.8 Å². The van der Waals surface area contributed by atoms with Crippen molar-refractivity contribution in [2.24, 2.45) is 0 Å². The van der Waals surface area contributed by atoms with Gasteiger partial charge in [-0.25, -0.2) is 22.4 Å². The van der Waals surface area contributed by atoms with Gasteiger partial charge >= 0.3 is 5.97 Å². The number of para-hydroxylation sites is 1. The van der Waals surface area contributed by atoms with Crippen LogP contribution in [0.1, 0.15) is 41.3 Å². The predicted octanol–water partition coefficient (Wildman–Crippen LogP) is 5.29. The van der Waals surface area contributed by atoms with Crippen LogP contribution in [0.4, 0.5) is 17.6 Å². The first-order valence-corrected chi connectivity index (χ1v) is 10.4. The van der Waals surface area contributed by atoms with Gasteiger partial charge in [0.25, 0.3) is 5.92 Å². The lowest BCUT2D eigenvalue weighted by Gasteiger charge is -2.48. The van der Waals surface area contributed by atoms with Gasteiger partial charge < -0.3 is 10.1 Å². The molecule has 0 amide bonds. The Morgan fingerprint density at radius 1 is 1.16 bits per heavy atom. The summed E-state index contributed by atoms with van der Waals surface area (Å²) in [5.74, 6) is -5.69. The molecule has 4 nitrogen and oxygen atoms in total. The number of fused-ring (bicyclic) bond motifs is 3. The average Bonchev–Trinajstić information content (AvgIpc) is 3.09. The van der Waals surface area contributed by atoms with Crippen molar-refractivity contribution in [2.75, 3.05) is 6.54 Å². The van der Waals surface area contributed by atoms with Crippen LogP contribution in [0.15, 0.2) is 42.5 Å². The first-order chi connectivity index (χ1) is 15.2. The summed E-state index contributed by atoms with van der Waals surface area (Å²) in [4.78, 5) is 15.8. The Labute approximate surface area is 181 Å². The van der Waals surface area contributed by atoms with Crippen LogP contribution in [-0.4, -0.2) is 39.5 Å². The fourth-order valence-corrected chi connectivity index (χ4v) is 4.96. The smallest absolute Gasteiger partial charge is 0.328 e. The Morgan fingerprint density at radius 2 is 1.84 bits per heavy atom. The zero-order valence-electron chi connectivity index (χ0n) is 16.9. The Morgan fingerprint density at radius 3 is 2.50 bits per heavy atom. The van der Waals surface area contributed by atoms with Crippen LogP contribution in [0.25, 0.3) is 17.0 Å². The monoisotopic (exact) mass is 444 g/mol. The molecule has 0 spiro atoms. The highest BCUT2D eigenvalue weighted by atomic mass is 19.3. The largest absolute Gasteiger partial charge is 0.478 e. The van der Waals surface area contributed by atoms with E-state index in [0.29, 0.717) is 18.7 Å². The van der Waals surface area contributed by atoms with Crippen LogP contribution in [0.2, 0.25) is 0 Å². The lowest BCUT2D eigenvalue weighted by atomic mass is 9.82. The fraction of sp³-hybridized carbons (Fsp3) is 0.292. The molecule has 2 N–H and O–H groups in total.